The van der Waals surface area contributed by atoms with Crippen molar-refractivity contribution in [1.82, 2.24) is 0 Å². The van der Waals surface area contributed by atoms with Crippen molar-refractivity contribution in [3.8, 4) is 0 Å². The lowest BCUT2D eigenvalue weighted by molar-refractivity contribution is -0.384. The molecule has 0 aliphatic carbocycles. The largest absolute Gasteiger partial charge is 0.373 e. The number of para-hydroxylation sites is 2. The van der Waals surface area contributed by atoms with Crippen LogP contribution in [-0.2, 0) is 0 Å². The highest BCUT2D eigenvalue weighted by molar-refractivity contribution is 6.31. The first-order chi connectivity index (χ1) is 9.09. The van der Waals surface area contributed by atoms with E-state index in [2.05, 4.69) is 5.32 Å². The Morgan fingerprint density at radius 2 is 1.79 bits per heavy atom. The first-order valence-corrected chi connectivity index (χ1v) is 6.22. The summed E-state index contributed by atoms with van der Waals surface area (Å²) in [4.78, 5) is 10.5. The Labute approximate surface area is 116 Å². The van der Waals surface area contributed by atoms with Gasteiger partial charge in [0.25, 0.3) is 5.69 Å². The Kier molecular flexibility index (Phi) is 4.02. The van der Waals surface area contributed by atoms with Crippen molar-refractivity contribution in [2.24, 2.45) is 0 Å². The van der Waals surface area contributed by atoms with Crippen molar-refractivity contribution < 1.29 is 4.92 Å². The summed E-state index contributed by atoms with van der Waals surface area (Å²) >= 11 is 6.11. The van der Waals surface area contributed by atoms with Crippen LogP contribution in [0.15, 0.2) is 48.5 Å². The van der Waals surface area contributed by atoms with E-state index >= 15 is 0 Å². The Morgan fingerprint density at radius 1 is 1.16 bits per heavy atom. The molecule has 0 aliphatic heterocycles. The van der Waals surface area contributed by atoms with Gasteiger partial charge >= 0.3 is 0 Å². The van der Waals surface area contributed by atoms with Gasteiger partial charge < -0.3 is 5.32 Å². The molecule has 1 unspecified atom stereocenters. The predicted octanol–water partition coefficient (Wildman–Crippen LogP) is 4.42. The second kappa shape index (κ2) is 5.71. The summed E-state index contributed by atoms with van der Waals surface area (Å²) in [6, 6.07) is 13.9. The van der Waals surface area contributed by atoms with Gasteiger partial charge in [0.1, 0.15) is 5.69 Å². The zero-order chi connectivity index (χ0) is 13.8. The van der Waals surface area contributed by atoms with Crippen LogP contribution in [-0.4, -0.2) is 4.92 Å². The smallest absolute Gasteiger partial charge is 0.292 e. The average Bonchev–Trinajstić information content (AvgIpc) is 2.39. The molecule has 2 rings (SSSR count). The van der Waals surface area contributed by atoms with Gasteiger partial charge in [-0.3, -0.25) is 10.1 Å². The average molecular weight is 277 g/mol. The van der Waals surface area contributed by atoms with Crippen molar-refractivity contribution in [3.05, 3.63) is 69.2 Å². The maximum Gasteiger partial charge on any atom is 0.292 e. The lowest BCUT2D eigenvalue weighted by Gasteiger charge is -2.16. The number of halogens is 1. The molecular formula is C14H13ClN2O2. The molecule has 0 amide bonds. The van der Waals surface area contributed by atoms with Gasteiger partial charge in [-0.1, -0.05) is 41.9 Å². The van der Waals surface area contributed by atoms with Gasteiger partial charge in [0.05, 0.1) is 11.0 Å². The Bertz CT molecular complexity index is 602. The van der Waals surface area contributed by atoms with E-state index in [4.69, 9.17) is 11.6 Å². The van der Waals surface area contributed by atoms with Crippen molar-refractivity contribution in [3.63, 3.8) is 0 Å². The molecule has 5 heteroatoms. The molecule has 2 aromatic rings. The summed E-state index contributed by atoms with van der Waals surface area (Å²) in [5.41, 5.74) is 1.45. The van der Waals surface area contributed by atoms with E-state index in [1.54, 1.807) is 24.3 Å². The standard InChI is InChI=1S/C14H13ClN2O2/c1-10(11-6-2-3-7-12(11)15)16-13-8-4-5-9-14(13)17(18)19/h2-10,16H,1H3. The summed E-state index contributed by atoms with van der Waals surface area (Å²) in [7, 11) is 0. The number of nitrogens with one attached hydrogen (secondary N) is 1. The first kappa shape index (κ1) is 13.4. The summed E-state index contributed by atoms with van der Waals surface area (Å²) < 4.78 is 0. The second-order valence-electron chi connectivity index (χ2n) is 4.16. The third-order valence-corrected chi connectivity index (χ3v) is 3.19. The van der Waals surface area contributed by atoms with E-state index in [1.807, 2.05) is 25.1 Å². The Hall–Kier alpha value is -2.07. The van der Waals surface area contributed by atoms with Gasteiger partial charge in [-0.2, -0.15) is 0 Å². The van der Waals surface area contributed by atoms with Gasteiger partial charge in [0.2, 0.25) is 0 Å². The maximum atomic E-state index is 10.9. The maximum absolute atomic E-state index is 10.9. The highest BCUT2D eigenvalue weighted by Crippen LogP contribution is 2.30. The highest BCUT2D eigenvalue weighted by Gasteiger charge is 2.16. The molecular weight excluding hydrogens is 264 g/mol. The van der Waals surface area contributed by atoms with Crippen LogP contribution < -0.4 is 5.32 Å². The summed E-state index contributed by atoms with van der Waals surface area (Å²) in [6.07, 6.45) is 0. The topological polar surface area (TPSA) is 55.2 Å². The van der Waals surface area contributed by atoms with Crippen LogP contribution >= 0.6 is 11.6 Å². The van der Waals surface area contributed by atoms with E-state index in [0.717, 1.165) is 5.56 Å². The van der Waals surface area contributed by atoms with Gasteiger partial charge in [-0.05, 0) is 24.6 Å². The molecule has 4 nitrogen and oxygen atoms in total. The number of anilines is 1. The zero-order valence-corrected chi connectivity index (χ0v) is 11.1. The van der Waals surface area contributed by atoms with Crippen molar-refractivity contribution in [1.29, 1.82) is 0 Å². The van der Waals surface area contributed by atoms with E-state index in [-0.39, 0.29) is 11.7 Å². The number of nitro benzene ring substituents is 1. The minimum atomic E-state index is -0.401. The van der Waals surface area contributed by atoms with Crippen LogP contribution in [0.4, 0.5) is 11.4 Å². The van der Waals surface area contributed by atoms with Crippen molar-refractivity contribution >= 4 is 23.0 Å². The lowest BCUT2D eigenvalue weighted by atomic mass is 10.1. The zero-order valence-electron chi connectivity index (χ0n) is 10.3. The number of benzene rings is 2. The molecule has 0 saturated heterocycles. The van der Waals surface area contributed by atoms with Crippen molar-refractivity contribution in [2.75, 3.05) is 5.32 Å². The number of hydrogen-bond donors (Lipinski definition) is 1. The molecule has 0 bridgehead atoms. The van der Waals surface area contributed by atoms with Gasteiger partial charge in [0, 0.05) is 11.1 Å². The fraction of sp³-hybridized carbons (Fsp3) is 0.143. The SMILES string of the molecule is CC(Nc1ccccc1[N+](=O)[O-])c1ccccc1Cl. The molecule has 0 spiro atoms. The lowest BCUT2D eigenvalue weighted by Crippen LogP contribution is -2.08. The van der Waals surface area contributed by atoms with Gasteiger partial charge in [-0.15, -0.1) is 0 Å². The quantitative estimate of drug-likeness (QED) is 0.664. The summed E-state index contributed by atoms with van der Waals surface area (Å²) in [5.74, 6) is 0. The van der Waals surface area contributed by atoms with Gasteiger partial charge in [0.15, 0.2) is 0 Å². The summed E-state index contributed by atoms with van der Waals surface area (Å²) in [6.45, 7) is 1.91. The monoisotopic (exact) mass is 276 g/mol. The summed E-state index contributed by atoms with van der Waals surface area (Å²) in [5, 5.41) is 14.7. The second-order valence-corrected chi connectivity index (χ2v) is 4.57. The highest BCUT2D eigenvalue weighted by atomic mass is 35.5. The van der Waals surface area contributed by atoms with E-state index in [1.165, 1.54) is 6.07 Å². The predicted molar refractivity (Wildman–Crippen MR) is 76.6 cm³/mol. The van der Waals surface area contributed by atoms with Crippen LogP contribution in [0.3, 0.4) is 0 Å². The van der Waals surface area contributed by atoms with Crippen LogP contribution in [0.5, 0.6) is 0 Å². The third-order valence-electron chi connectivity index (χ3n) is 2.84. The molecule has 2 aromatic carbocycles. The molecule has 1 N–H and O–H groups in total. The normalized spacial score (nSPS) is 11.9. The Morgan fingerprint density at radius 3 is 2.47 bits per heavy atom. The molecule has 0 aromatic heterocycles. The van der Waals surface area contributed by atoms with Crippen LogP contribution in [0, 0.1) is 10.1 Å². The number of nitrogens with zero attached hydrogens (tertiary/aromatic N) is 1. The first-order valence-electron chi connectivity index (χ1n) is 5.84. The third kappa shape index (κ3) is 3.03. The van der Waals surface area contributed by atoms with Crippen LogP contribution in [0.1, 0.15) is 18.5 Å². The number of nitro groups is 1. The van der Waals surface area contributed by atoms with Crippen LogP contribution in [0.2, 0.25) is 5.02 Å². The molecule has 98 valence electrons. The molecule has 0 aliphatic rings. The van der Waals surface area contributed by atoms with E-state index in [9.17, 15) is 10.1 Å². The Balaban J connectivity index is 2.27. The minimum absolute atomic E-state index is 0.0569. The van der Waals surface area contributed by atoms with E-state index < -0.39 is 4.92 Å². The fourth-order valence-corrected chi connectivity index (χ4v) is 2.19. The molecule has 0 radical (unpaired) electrons. The molecule has 19 heavy (non-hydrogen) atoms. The minimum Gasteiger partial charge on any atom is -0.373 e. The number of rotatable bonds is 4. The number of hydrogen-bond acceptors (Lipinski definition) is 3. The van der Waals surface area contributed by atoms with Crippen LogP contribution in [0.25, 0.3) is 0 Å². The fourth-order valence-electron chi connectivity index (χ4n) is 1.89. The van der Waals surface area contributed by atoms with Gasteiger partial charge in [-0.25, -0.2) is 0 Å². The molecule has 0 fully saturated rings. The van der Waals surface area contributed by atoms with Crippen molar-refractivity contribution in [2.45, 2.75) is 13.0 Å². The molecule has 1 atom stereocenters. The molecule has 0 heterocycles. The molecule has 0 saturated carbocycles. The van der Waals surface area contributed by atoms with E-state index in [0.29, 0.717) is 10.7 Å².